The van der Waals surface area contributed by atoms with E-state index in [1.165, 1.54) is 0 Å². The first-order valence-corrected chi connectivity index (χ1v) is 7.83. The molecule has 0 fully saturated rings. The summed E-state index contributed by atoms with van der Waals surface area (Å²) in [7, 11) is 0. The molecule has 5 N–H and O–H groups in total. The van der Waals surface area contributed by atoms with Crippen molar-refractivity contribution in [3.8, 4) is 0 Å². The zero-order valence-electron chi connectivity index (χ0n) is 15.0. The minimum atomic E-state index is -2.85. The van der Waals surface area contributed by atoms with Crippen LogP contribution in [-0.4, -0.2) is 93.0 Å². The lowest BCUT2D eigenvalue weighted by atomic mass is 9.96. The maximum absolute atomic E-state index is 11.6. The number of ether oxygens (including phenoxy) is 3. The molecule has 0 heterocycles. The molecular formula is C15H22O13. The fraction of sp³-hybridized carbons (Fsp3) is 0.667. The molecule has 0 rings (SSSR count). The van der Waals surface area contributed by atoms with Crippen LogP contribution in [0.15, 0.2) is 0 Å². The summed E-state index contributed by atoms with van der Waals surface area (Å²) in [5.41, 5.74) is -5.06. The Morgan fingerprint density at radius 1 is 0.786 bits per heavy atom. The Morgan fingerprint density at radius 2 is 1.29 bits per heavy atom. The van der Waals surface area contributed by atoms with Crippen LogP contribution < -0.4 is 0 Å². The number of aliphatic carboxylic acids is 2. The van der Waals surface area contributed by atoms with Gasteiger partial charge in [-0.05, 0) is 6.92 Å². The van der Waals surface area contributed by atoms with Crippen LogP contribution in [-0.2, 0) is 38.2 Å². The van der Waals surface area contributed by atoms with Crippen molar-refractivity contribution in [1.29, 1.82) is 0 Å². The molecule has 160 valence electrons. The fourth-order valence-corrected chi connectivity index (χ4v) is 1.76. The van der Waals surface area contributed by atoms with Gasteiger partial charge in [0.1, 0.15) is 19.8 Å². The van der Waals surface area contributed by atoms with Crippen LogP contribution in [0.1, 0.15) is 26.2 Å². The monoisotopic (exact) mass is 410 g/mol. The number of aliphatic hydroxyl groups is 3. The summed E-state index contributed by atoms with van der Waals surface area (Å²) in [6.45, 7) is -0.921. The second-order valence-corrected chi connectivity index (χ2v) is 5.84. The lowest BCUT2D eigenvalue weighted by Crippen LogP contribution is -2.43. The van der Waals surface area contributed by atoms with E-state index in [0.717, 1.165) is 6.92 Å². The second kappa shape index (κ2) is 11.2. The van der Waals surface area contributed by atoms with Gasteiger partial charge in [0, 0.05) is 0 Å². The number of hydrogen-bond acceptors (Lipinski definition) is 11. The molecule has 0 bridgehead atoms. The van der Waals surface area contributed by atoms with E-state index in [4.69, 9.17) is 15.3 Å². The lowest BCUT2D eigenvalue weighted by molar-refractivity contribution is -0.174. The summed E-state index contributed by atoms with van der Waals surface area (Å²) in [6.07, 6.45) is -3.16. The van der Waals surface area contributed by atoms with Crippen molar-refractivity contribution >= 4 is 29.8 Å². The average molecular weight is 410 g/mol. The smallest absolute Gasteiger partial charge is 0.338 e. The Bertz CT molecular complexity index is 597. The summed E-state index contributed by atoms with van der Waals surface area (Å²) < 4.78 is 13.6. The lowest BCUT2D eigenvalue weighted by Gasteiger charge is -2.20. The second-order valence-electron chi connectivity index (χ2n) is 5.84. The zero-order valence-corrected chi connectivity index (χ0v) is 15.0. The Labute approximate surface area is 158 Å². The molecule has 13 heteroatoms. The molecule has 0 aliphatic carbocycles. The van der Waals surface area contributed by atoms with Crippen LogP contribution in [0.2, 0.25) is 0 Å². The highest BCUT2D eigenvalue weighted by molar-refractivity contribution is 5.88. The number of hydrogen-bond donors (Lipinski definition) is 5. The van der Waals surface area contributed by atoms with Crippen LogP contribution in [0.4, 0.5) is 0 Å². The normalized spacial score (nSPS) is 14.9. The minimum absolute atomic E-state index is 0.370. The fourth-order valence-electron chi connectivity index (χ4n) is 1.76. The Kier molecular flexibility index (Phi) is 10.1. The molecule has 2 unspecified atom stereocenters. The number of rotatable bonds is 13. The van der Waals surface area contributed by atoms with Crippen molar-refractivity contribution in [2.75, 3.05) is 26.4 Å². The van der Waals surface area contributed by atoms with Gasteiger partial charge in [-0.3, -0.25) is 14.4 Å². The molecule has 0 aromatic heterocycles. The van der Waals surface area contributed by atoms with Crippen LogP contribution in [0.5, 0.6) is 0 Å². The van der Waals surface area contributed by atoms with Crippen LogP contribution in [0.3, 0.4) is 0 Å². The van der Waals surface area contributed by atoms with E-state index in [9.17, 15) is 34.2 Å². The maximum Gasteiger partial charge on any atom is 0.338 e. The predicted molar refractivity (Wildman–Crippen MR) is 84.7 cm³/mol. The molecule has 0 aromatic carbocycles. The van der Waals surface area contributed by atoms with E-state index in [0.29, 0.717) is 0 Å². The molecule has 28 heavy (non-hydrogen) atoms. The zero-order chi connectivity index (χ0) is 22.0. The van der Waals surface area contributed by atoms with Crippen molar-refractivity contribution < 1.29 is 63.7 Å². The molecule has 0 amide bonds. The largest absolute Gasteiger partial charge is 0.481 e. The van der Waals surface area contributed by atoms with Crippen molar-refractivity contribution in [2.45, 2.75) is 37.4 Å². The van der Waals surface area contributed by atoms with Crippen molar-refractivity contribution in [3.05, 3.63) is 0 Å². The number of aliphatic hydroxyl groups excluding tert-OH is 1. The molecular weight excluding hydrogens is 388 g/mol. The third-order valence-electron chi connectivity index (χ3n) is 3.14. The highest BCUT2D eigenvalue weighted by Crippen LogP contribution is 2.17. The minimum Gasteiger partial charge on any atom is -0.481 e. The molecule has 0 aromatic rings. The van der Waals surface area contributed by atoms with E-state index in [1.807, 2.05) is 0 Å². The molecule has 0 radical (unpaired) electrons. The van der Waals surface area contributed by atoms with Gasteiger partial charge >= 0.3 is 29.8 Å². The van der Waals surface area contributed by atoms with Gasteiger partial charge in [0.2, 0.25) is 0 Å². The molecule has 2 atom stereocenters. The van der Waals surface area contributed by atoms with Crippen molar-refractivity contribution in [1.82, 2.24) is 0 Å². The highest BCUT2D eigenvalue weighted by Gasteiger charge is 2.41. The Morgan fingerprint density at radius 3 is 1.71 bits per heavy atom. The predicted octanol–water partition coefficient (Wildman–Crippen LogP) is -2.57. The van der Waals surface area contributed by atoms with Crippen LogP contribution >= 0.6 is 0 Å². The molecule has 0 saturated heterocycles. The number of carbonyl (C=O) groups is 5. The van der Waals surface area contributed by atoms with E-state index < -0.39 is 80.1 Å². The van der Waals surface area contributed by atoms with Crippen LogP contribution in [0.25, 0.3) is 0 Å². The van der Waals surface area contributed by atoms with E-state index in [2.05, 4.69) is 14.2 Å². The molecule has 0 aliphatic heterocycles. The van der Waals surface area contributed by atoms with Gasteiger partial charge in [-0.1, -0.05) is 0 Å². The van der Waals surface area contributed by atoms with Gasteiger partial charge in [0.15, 0.2) is 11.2 Å². The summed E-state index contributed by atoms with van der Waals surface area (Å²) >= 11 is 0. The van der Waals surface area contributed by atoms with Gasteiger partial charge in [0.25, 0.3) is 0 Å². The third kappa shape index (κ3) is 9.25. The van der Waals surface area contributed by atoms with Crippen LogP contribution in [0, 0.1) is 0 Å². The summed E-state index contributed by atoms with van der Waals surface area (Å²) in [4.78, 5) is 56.0. The van der Waals surface area contributed by atoms with E-state index >= 15 is 0 Å². The summed E-state index contributed by atoms with van der Waals surface area (Å²) in [5, 5.41) is 45.4. The van der Waals surface area contributed by atoms with Gasteiger partial charge in [-0.15, -0.1) is 0 Å². The first-order valence-electron chi connectivity index (χ1n) is 7.83. The quantitative estimate of drug-likeness (QED) is 0.120. The standard InChI is InChI=1S/C15H22O13/c1-14(24,13(23)28-3-2-16)7-10(19)26-4-5-27-11(20)8-15(25,12(21)22)6-9(17)18/h16,24-25H,2-8H2,1H3,(H,17,18)(H,21,22). The summed E-state index contributed by atoms with van der Waals surface area (Å²) in [6, 6.07) is 0. The van der Waals surface area contributed by atoms with Crippen molar-refractivity contribution in [2.24, 2.45) is 0 Å². The SMILES string of the molecule is CC(O)(CC(=O)OCCOC(=O)CC(O)(CC(=O)O)C(=O)O)C(=O)OCCO. The number of carboxylic acid groups (broad SMARTS) is 2. The van der Waals surface area contributed by atoms with Gasteiger partial charge < -0.3 is 39.7 Å². The summed E-state index contributed by atoms with van der Waals surface area (Å²) in [5.74, 6) is -7.02. The van der Waals surface area contributed by atoms with E-state index in [-0.39, 0.29) is 6.61 Å². The van der Waals surface area contributed by atoms with E-state index in [1.54, 1.807) is 0 Å². The highest BCUT2D eigenvalue weighted by atomic mass is 16.6. The number of carboxylic acids is 2. The first kappa shape index (κ1) is 25.2. The maximum atomic E-state index is 11.6. The van der Waals surface area contributed by atoms with Gasteiger partial charge in [-0.2, -0.15) is 0 Å². The molecule has 0 spiro atoms. The van der Waals surface area contributed by atoms with Gasteiger partial charge in [0.05, 0.1) is 25.9 Å². The molecule has 0 saturated carbocycles. The first-order chi connectivity index (χ1) is 12.8. The molecule has 0 aliphatic rings. The third-order valence-corrected chi connectivity index (χ3v) is 3.14. The van der Waals surface area contributed by atoms with Crippen molar-refractivity contribution in [3.63, 3.8) is 0 Å². The topological polar surface area (TPSA) is 214 Å². The number of carbonyl (C=O) groups excluding carboxylic acids is 3. The Hall–Kier alpha value is -2.77. The molecule has 13 nitrogen and oxygen atoms in total. The number of esters is 3. The average Bonchev–Trinajstić information content (AvgIpc) is 2.55. The van der Waals surface area contributed by atoms with Gasteiger partial charge in [-0.25, -0.2) is 9.59 Å². The Balaban J connectivity index is 4.35.